The van der Waals surface area contributed by atoms with Crippen LogP contribution < -0.4 is 0 Å². The topological polar surface area (TPSA) is 48.6 Å². The van der Waals surface area contributed by atoms with Gasteiger partial charge in [0.05, 0.1) is 0 Å². The van der Waals surface area contributed by atoms with Crippen molar-refractivity contribution in [3.05, 3.63) is 23.8 Å². The van der Waals surface area contributed by atoms with E-state index in [0.717, 1.165) is 37.8 Å². The fraction of sp³-hybridized carbons (Fsp3) is 0.714. The third kappa shape index (κ3) is 9.01. The van der Waals surface area contributed by atoms with E-state index in [4.69, 9.17) is 0 Å². The first-order valence-electron chi connectivity index (χ1n) is 9.96. The molecular formula is C21H38N2O2. The fourth-order valence-corrected chi connectivity index (χ4v) is 3.05. The molecule has 0 aliphatic rings. The number of nitrogens with zero attached hydrogens (tertiary/aromatic N) is 2. The van der Waals surface area contributed by atoms with E-state index < -0.39 is 0 Å². The summed E-state index contributed by atoms with van der Waals surface area (Å²) in [5.74, 6) is 0.392. The molecular weight excluding hydrogens is 312 g/mol. The van der Waals surface area contributed by atoms with E-state index in [1.165, 1.54) is 38.5 Å². The maximum absolute atomic E-state index is 10.3. The molecule has 0 bridgehead atoms. The normalized spacial score (nSPS) is 11.8. The number of allylic oxidation sites excluding steroid dienone is 2. The zero-order valence-electron chi connectivity index (χ0n) is 16.5. The molecule has 1 aromatic heterocycles. The van der Waals surface area contributed by atoms with Crippen LogP contribution >= 0.6 is 0 Å². The van der Waals surface area contributed by atoms with Gasteiger partial charge in [0.15, 0.2) is 11.8 Å². The van der Waals surface area contributed by atoms with E-state index in [9.17, 15) is 10.2 Å². The summed E-state index contributed by atoms with van der Waals surface area (Å²) in [6, 6.07) is 1.70. The van der Waals surface area contributed by atoms with Crippen LogP contribution in [0.5, 0.6) is 11.8 Å². The number of aryl methyl sites for hydroxylation is 1. The first-order chi connectivity index (χ1) is 12.1. The van der Waals surface area contributed by atoms with Crippen LogP contribution in [0.25, 0.3) is 0 Å². The van der Waals surface area contributed by atoms with Gasteiger partial charge >= 0.3 is 0 Å². The molecule has 25 heavy (non-hydrogen) atoms. The molecule has 0 radical (unpaired) electrons. The Kier molecular flexibility index (Phi) is 11.1. The van der Waals surface area contributed by atoms with Crippen molar-refractivity contribution in [2.24, 2.45) is 0 Å². The van der Waals surface area contributed by atoms with Gasteiger partial charge in [-0.05, 0) is 52.7 Å². The van der Waals surface area contributed by atoms with Gasteiger partial charge in [0, 0.05) is 18.2 Å². The summed E-state index contributed by atoms with van der Waals surface area (Å²) < 4.78 is 1.61. The van der Waals surface area contributed by atoms with Crippen LogP contribution in [0.1, 0.15) is 70.3 Å². The molecule has 0 fully saturated rings. The van der Waals surface area contributed by atoms with Gasteiger partial charge in [-0.15, -0.1) is 0 Å². The standard InChI is InChI=1S/C21H38N2O2/c1-4-5-6-7-8-9-10-11-12-13-15-19-18-20(24)23(21(19)25)17-14-16-22(2)3/h11-12,18,24-25H,4-10,13-17H2,1-3H3. The number of aromatic hydroxyl groups is 2. The maximum atomic E-state index is 10.3. The molecule has 0 amide bonds. The quantitative estimate of drug-likeness (QED) is 0.363. The lowest BCUT2D eigenvalue weighted by Crippen LogP contribution is -2.14. The summed E-state index contributed by atoms with van der Waals surface area (Å²) in [7, 11) is 4.05. The highest BCUT2D eigenvalue weighted by atomic mass is 16.3. The van der Waals surface area contributed by atoms with Gasteiger partial charge in [0.25, 0.3) is 0 Å². The first kappa shape index (κ1) is 21.6. The lowest BCUT2D eigenvalue weighted by molar-refractivity contribution is 0.339. The Morgan fingerprint density at radius 3 is 2.36 bits per heavy atom. The molecule has 2 N–H and O–H groups in total. The molecule has 0 saturated heterocycles. The van der Waals surface area contributed by atoms with E-state index in [2.05, 4.69) is 24.0 Å². The van der Waals surface area contributed by atoms with Crippen LogP contribution in [-0.2, 0) is 13.0 Å². The third-order valence-electron chi connectivity index (χ3n) is 4.58. The third-order valence-corrected chi connectivity index (χ3v) is 4.58. The summed E-state index contributed by atoms with van der Waals surface area (Å²) in [5.41, 5.74) is 0.839. The van der Waals surface area contributed by atoms with E-state index >= 15 is 0 Å². The molecule has 0 spiro atoms. The van der Waals surface area contributed by atoms with Crippen molar-refractivity contribution in [2.75, 3.05) is 20.6 Å². The van der Waals surface area contributed by atoms with Crippen molar-refractivity contribution in [3.63, 3.8) is 0 Å². The van der Waals surface area contributed by atoms with Crippen LogP contribution in [0.2, 0.25) is 0 Å². The van der Waals surface area contributed by atoms with E-state index in [0.29, 0.717) is 6.54 Å². The summed E-state index contributed by atoms with van der Waals surface area (Å²) in [4.78, 5) is 2.10. The summed E-state index contributed by atoms with van der Waals surface area (Å²) in [6.07, 6.45) is 16.2. The second-order valence-electron chi connectivity index (χ2n) is 7.23. The van der Waals surface area contributed by atoms with Gasteiger partial charge in [-0.2, -0.15) is 0 Å². The lowest BCUT2D eigenvalue weighted by atomic mass is 10.1. The van der Waals surface area contributed by atoms with Crippen molar-refractivity contribution in [1.82, 2.24) is 9.47 Å². The molecule has 4 heteroatoms. The Morgan fingerprint density at radius 1 is 0.960 bits per heavy atom. The van der Waals surface area contributed by atoms with E-state index in [-0.39, 0.29) is 11.8 Å². The highest BCUT2D eigenvalue weighted by molar-refractivity contribution is 5.35. The predicted molar refractivity (Wildman–Crippen MR) is 106 cm³/mol. The highest BCUT2D eigenvalue weighted by Crippen LogP contribution is 2.28. The van der Waals surface area contributed by atoms with Crippen LogP contribution in [-0.4, -0.2) is 40.3 Å². The summed E-state index contributed by atoms with van der Waals surface area (Å²) >= 11 is 0. The molecule has 4 nitrogen and oxygen atoms in total. The van der Waals surface area contributed by atoms with Crippen molar-refractivity contribution < 1.29 is 10.2 Å². The Bertz CT molecular complexity index is 492. The number of rotatable bonds is 14. The smallest absolute Gasteiger partial charge is 0.197 e. The zero-order chi connectivity index (χ0) is 18.5. The van der Waals surface area contributed by atoms with E-state index in [1.54, 1.807) is 10.6 Å². The number of aromatic nitrogens is 1. The monoisotopic (exact) mass is 350 g/mol. The number of hydrogen-bond donors (Lipinski definition) is 2. The predicted octanol–water partition coefficient (Wildman–Crippen LogP) is 5.09. The molecule has 0 aliphatic carbocycles. The molecule has 0 atom stereocenters. The second kappa shape index (κ2) is 12.9. The van der Waals surface area contributed by atoms with Gasteiger partial charge in [-0.1, -0.05) is 51.2 Å². The maximum Gasteiger partial charge on any atom is 0.197 e. The van der Waals surface area contributed by atoms with Crippen LogP contribution in [0, 0.1) is 0 Å². The SMILES string of the molecule is CCCCCCCCC=CCCc1cc(O)n(CCCN(C)C)c1O. The van der Waals surface area contributed by atoms with Gasteiger partial charge in [-0.3, -0.25) is 4.57 Å². The first-order valence-corrected chi connectivity index (χ1v) is 9.96. The van der Waals surface area contributed by atoms with Gasteiger partial charge in [0.2, 0.25) is 0 Å². The fourth-order valence-electron chi connectivity index (χ4n) is 3.05. The Hall–Kier alpha value is -1.42. The van der Waals surface area contributed by atoms with Crippen molar-refractivity contribution in [3.8, 4) is 11.8 Å². The van der Waals surface area contributed by atoms with Crippen LogP contribution in [0.3, 0.4) is 0 Å². The van der Waals surface area contributed by atoms with Gasteiger partial charge < -0.3 is 15.1 Å². The average molecular weight is 351 g/mol. The van der Waals surface area contributed by atoms with Crippen molar-refractivity contribution in [2.45, 2.75) is 77.7 Å². The van der Waals surface area contributed by atoms with E-state index in [1.807, 2.05) is 14.1 Å². The minimum atomic E-state index is 0.169. The van der Waals surface area contributed by atoms with Gasteiger partial charge in [-0.25, -0.2) is 0 Å². The van der Waals surface area contributed by atoms with Crippen LogP contribution in [0.4, 0.5) is 0 Å². The Labute approximate surface area is 154 Å². The van der Waals surface area contributed by atoms with Crippen LogP contribution in [0.15, 0.2) is 18.2 Å². The molecule has 0 aromatic carbocycles. The Balaban J connectivity index is 2.25. The molecule has 1 heterocycles. The van der Waals surface area contributed by atoms with Crippen molar-refractivity contribution in [1.29, 1.82) is 0 Å². The molecule has 1 rings (SSSR count). The summed E-state index contributed by atoms with van der Waals surface area (Å²) in [6.45, 7) is 3.83. The minimum Gasteiger partial charge on any atom is -0.494 e. The highest BCUT2D eigenvalue weighted by Gasteiger charge is 2.12. The van der Waals surface area contributed by atoms with Crippen molar-refractivity contribution >= 4 is 0 Å². The second-order valence-corrected chi connectivity index (χ2v) is 7.23. The molecule has 0 unspecified atom stereocenters. The summed E-state index contributed by atoms with van der Waals surface area (Å²) in [5, 5.41) is 20.3. The molecule has 0 aliphatic heterocycles. The molecule has 0 saturated carbocycles. The molecule has 144 valence electrons. The molecule has 1 aromatic rings. The van der Waals surface area contributed by atoms with Gasteiger partial charge in [0.1, 0.15) is 0 Å². The number of unbranched alkanes of at least 4 members (excludes halogenated alkanes) is 6. The average Bonchev–Trinajstić information content (AvgIpc) is 2.84. The minimum absolute atomic E-state index is 0.169. The Morgan fingerprint density at radius 2 is 1.64 bits per heavy atom. The lowest BCUT2D eigenvalue weighted by Gasteiger charge is -2.11. The zero-order valence-corrected chi connectivity index (χ0v) is 16.5. The largest absolute Gasteiger partial charge is 0.494 e. The number of hydrogen-bond acceptors (Lipinski definition) is 3.